The van der Waals surface area contributed by atoms with Gasteiger partial charge < -0.3 is 15.2 Å². The molecule has 2 atom stereocenters. The summed E-state index contributed by atoms with van der Waals surface area (Å²) in [6, 6.07) is 3.08. The van der Waals surface area contributed by atoms with Gasteiger partial charge in [0.05, 0.1) is 11.7 Å². The first-order valence-electron chi connectivity index (χ1n) is 9.14. The Morgan fingerprint density at radius 1 is 1.47 bits per heavy atom. The maximum absolute atomic E-state index is 12.8. The van der Waals surface area contributed by atoms with Crippen molar-refractivity contribution < 1.29 is 24.3 Å². The van der Waals surface area contributed by atoms with Gasteiger partial charge in [-0.15, -0.1) is 16.9 Å². The molecule has 2 aromatic rings. The van der Waals surface area contributed by atoms with Crippen LogP contribution in [0.25, 0.3) is 0 Å². The third-order valence-corrected chi connectivity index (χ3v) is 7.04. The number of tetrazole rings is 1. The molecule has 0 aromatic carbocycles. The van der Waals surface area contributed by atoms with Crippen LogP contribution in [-0.4, -0.2) is 66.5 Å². The summed E-state index contributed by atoms with van der Waals surface area (Å²) in [6.07, 6.45) is 3.48. The highest BCUT2D eigenvalue weighted by Crippen LogP contribution is 2.42. The van der Waals surface area contributed by atoms with Crippen LogP contribution in [0.1, 0.15) is 6.92 Å². The van der Waals surface area contributed by atoms with Gasteiger partial charge >= 0.3 is 0 Å². The second-order valence-corrected chi connectivity index (χ2v) is 8.56. The van der Waals surface area contributed by atoms with E-state index in [4.69, 9.17) is 4.84 Å². The first-order chi connectivity index (χ1) is 14.5. The third-order valence-electron chi connectivity index (χ3n) is 4.60. The van der Waals surface area contributed by atoms with Gasteiger partial charge in [0, 0.05) is 41.1 Å². The van der Waals surface area contributed by atoms with Crippen LogP contribution in [0.15, 0.2) is 41.0 Å². The molecule has 1 N–H and O–H groups in total. The number of hydrogen-bond acceptors (Lipinski definition) is 10. The predicted molar refractivity (Wildman–Crippen MR) is 106 cm³/mol. The summed E-state index contributed by atoms with van der Waals surface area (Å²) < 4.78 is 3.08. The van der Waals surface area contributed by atoms with Crippen molar-refractivity contribution in [1.29, 1.82) is 0 Å². The molecule has 1 amide bonds. The molecule has 30 heavy (non-hydrogen) atoms. The monoisotopic (exact) mass is 449 g/mol. The van der Waals surface area contributed by atoms with Crippen LogP contribution in [0.5, 0.6) is 0 Å². The number of hydrogen-bond donors (Lipinski definition) is 1. The molecule has 2 aliphatic rings. The van der Waals surface area contributed by atoms with Gasteiger partial charge in [0.15, 0.2) is 6.61 Å². The van der Waals surface area contributed by atoms with Crippen LogP contribution in [0.2, 0.25) is 0 Å². The van der Waals surface area contributed by atoms with Gasteiger partial charge in [-0.1, -0.05) is 11.8 Å². The van der Waals surface area contributed by atoms with Crippen molar-refractivity contribution in [2.24, 2.45) is 7.05 Å². The number of aromatic nitrogens is 5. The number of carbonyl (C=O) groups excluding carboxylic acids is 2. The second-order valence-electron chi connectivity index (χ2n) is 6.51. The fourth-order valence-electron chi connectivity index (χ4n) is 3.20. The normalized spacial score (nSPS) is 20.6. The van der Waals surface area contributed by atoms with Crippen LogP contribution in [-0.2, 0) is 16.6 Å². The van der Waals surface area contributed by atoms with Gasteiger partial charge in [0.2, 0.25) is 17.6 Å². The molecule has 158 valence electrons. The van der Waals surface area contributed by atoms with Gasteiger partial charge in [-0.05, 0) is 22.9 Å². The standard InChI is InChI=1S/C17H19N7O4S2/c1-3-28-23-6-4-11(5-7-23)18-12-14(25)24-13(16(26)27)10(8-29-15(12)24)9-30-17-19-20-21-22(17)2/h4-7,12,15H,3,8-9H2,1-2H3,(H,26,27)/t12-,15-/m1/s1. The Hall–Kier alpha value is -2.80. The van der Waals surface area contributed by atoms with E-state index in [0.717, 1.165) is 5.69 Å². The van der Waals surface area contributed by atoms with Gasteiger partial charge in [-0.2, -0.15) is 0 Å². The molecule has 2 aliphatic heterocycles. The Kier molecular flexibility index (Phi) is 5.81. The van der Waals surface area contributed by atoms with Gasteiger partial charge in [-0.25, -0.2) is 4.68 Å². The Morgan fingerprint density at radius 3 is 2.87 bits per heavy atom. The van der Waals surface area contributed by atoms with Crippen molar-refractivity contribution in [2.75, 3.05) is 23.4 Å². The SMILES string of the molecule is CCO[n+]1ccc(N[C@@H]2C(=O)N3C(C(=O)[O-])=C(CSc4nnnn4C)CS[C@H]23)cc1. The number of nitrogens with one attached hydrogen (secondary N) is 1. The van der Waals surface area contributed by atoms with Crippen LogP contribution >= 0.6 is 23.5 Å². The largest absolute Gasteiger partial charge is 0.543 e. The number of fused-ring (bicyclic) bond motifs is 1. The molecular formula is C17H19N7O4S2. The molecule has 0 unspecified atom stereocenters. The highest BCUT2D eigenvalue weighted by atomic mass is 32.2. The molecule has 11 nitrogen and oxygen atoms in total. The molecule has 1 fully saturated rings. The van der Waals surface area contributed by atoms with Crippen molar-refractivity contribution in [3.63, 3.8) is 0 Å². The number of amides is 1. The van der Waals surface area contributed by atoms with E-state index in [2.05, 4.69) is 20.8 Å². The summed E-state index contributed by atoms with van der Waals surface area (Å²) in [5.74, 6) is -0.810. The molecule has 1 saturated heterocycles. The summed E-state index contributed by atoms with van der Waals surface area (Å²) in [4.78, 5) is 31.3. The minimum atomic E-state index is -1.35. The number of thioether (sulfide) groups is 2. The second kappa shape index (κ2) is 8.52. The van der Waals surface area contributed by atoms with Gasteiger partial charge in [0.1, 0.15) is 11.4 Å². The van der Waals surface area contributed by atoms with Crippen molar-refractivity contribution in [2.45, 2.75) is 23.5 Å². The highest BCUT2D eigenvalue weighted by molar-refractivity contribution is 8.01. The number of carbonyl (C=O) groups is 2. The smallest absolute Gasteiger partial charge is 0.253 e. The maximum Gasteiger partial charge on any atom is 0.253 e. The fraction of sp³-hybridized carbons (Fsp3) is 0.412. The Balaban J connectivity index is 1.47. The number of aliphatic carboxylic acids is 1. The molecule has 0 saturated carbocycles. The number of β-lactam (4-membered cyclic amide) rings is 1. The van der Waals surface area contributed by atoms with Crippen molar-refractivity contribution in [3.05, 3.63) is 35.8 Å². The topological polar surface area (TPSA) is 129 Å². The number of pyridine rings is 1. The predicted octanol–water partition coefficient (Wildman–Crippen LogP) is -1.56. The fourth-order valence-corrected chi connectivity index (χ4v) is 5.54. The Labute approximate surface area is 180 Å². The molecular weight excluding hydrogens is 430 g/mol. The Bertz CT molecular complexity index is 994. The van der Waals surface area contributed by atoms with Crippen molar-refractivity contribution >= 4 is 41.1 Å². The zero-order valence-electron chi connectivity index (χ0n) is 16.2. The quantitative estimate of drug-likeness (QED) is 0.287. The zero-order chi connectivity index (χ0) is 21.3. The summed E-state index contributed by atoms with van der Waals surface area (Å²) >= 11 is 2.83. The van der Waals surface area contributed by atoms with E-state index in [1.165, 1.54) is 33.1 Å². The molecule has 0 aliphatic carbocycles. The molecule has 0 radical (unpaired) electrons. The van der Waals surface area contributed by atoms with Crippen molar-refractivity contribution in [1.82, 2.24) is 25.1 Å². The Morgan fingerprint density at radius 2 is 2.23 bits per heavy atom. The molecule has 0 bridgehead atoms. The van der Waals surface area contributed by atoms with E-state index in [9.17, 15) is 14.7 Å². The number of carboxylic acid groups (broad SMARTS) is 1. The summed E-state index contributed by atoms with van der Waals surface area (Å²) in [7, 11) is 1.71. The van der Waals surface area contributed by atoms with Crippen molar-refractivity contribution in [3.8, 4) is 0 Å². The average molecular weight is 450 g/mol. The third kappa shape index (κ3) is 3.81. The van der Waals surface area contributed by atoms with Crippen LogP contribution in [0.4, 0.5) is 5.69 Å². The molecule has 13 heteroatoms. The molecule has 4 heterocycles. The summed E-state index contributed by atoms with van der Waals surface area (Å²) in [6.45, 7) is 2.43. The summed E-state index contributed by atoms with van der Waals surface area (Å²) in [5, 5.41) is 26.5. The minimum Gasteiger partial charge on any atom is -0.543 e. The van der Waals surface area contributed by atoms with E-state index < -0.39 is 12.0 Å². The maximum atomic E-state index is 12.8. The lowest BCUT2D eigenvalue weighted by molar-refractivity contribution is -0.890. The number of nitrogens with zero attached hydrogens (tertiary/aromatic N) is 6. The molecule has 4 rings (SSSR count). The van der Waals surface area contributed by atoms with Gasteiger partial charge in [0.25, 0.3) is 5.91 Å². The van der Waals surface area contributed by atoms with E-state index in [-0.39, 0.29) is 17.0 Å². The van der Waals surface area contributed by atoms with Gasteiger partial charge in [-0.3, -0.25) is 14.5 Å². The lowest BCUT2D eigenvalue weighted by Crippen LogP contribution is -2.68. The first-order valence-corrected chi connectivity index (χ1v) is 11.2. The van der Waals surface area contributed by atoms with E-state index in [1.807, 2.05) is 6.92 Å². The number of aryl methyl sites for hydroxylation is 1. The van der Waals surface area contributed by atoms with E-state index >= 15 is 0 Å². The first kappa shape index (κ1) is 20.5. The highest BCUT2D eigenvalue weighted by Gasteiger charge is 2.52. The lowest BCUT2D eigenvalue weighted by Gasteiger charge is -2.51. The average Bonchev–Trinajstić information content (AvgIpc) is 3.15. The number of carboxylic acids is 1. The van der Waals surface area contributed by atoms with Crippen LogP contribution in [0.3, 0.4) is 0 Å². The molecule has 0 spiro atoms. The summed E-state index contributed by atoms with van der Waals surface area (Å²) in [5.41, 5.74) is 1.32. The number of rotatable bonds is 8. The van der Waals surface area contributed by atoms with E-state index in [1.54, 1.807) is 36.3 Å². The van der Waals surface area contributed by atoms with E-state index in [0.29, 0.717) is 28.8 Å². The van der Waals surface area contributed by atoms with Crippen LogP contribution in [0, 0.1) is 0 Å². The zero-order valence-corrected chi connectivity index (χ0v) is 17.9. The lowest BCUT2D eigenvalue weighted by atomic mass is 10.0. The molecule has 2 aromatic heterocycles. The minimum absolute atomic E-state index is 0.0494. The van der Waals surface area contributed by atoms with Crippen LogP contribution < -0.4 is 20.0 Å². The number of anilines is 1.